The summed E-state index contributed by atoms with van der Waals surface area (Å²) < 4.78 is 1.64. The Labute approximate surface area is 149 Å². The molecule has 0 bridgehead atoms. The number of rotatable bonds is 3. The third-order valence-corrected chi connectivity index (χ3v) is 4.28. The van der Waals surface area contributed by atoms with E-state index in [1.54, 1.807) is 4.57 Å². The maximum atomic E-state index is 12.7. The summed E-state index contributed by atoms with van der Waals surface area (Å²) >= 11 is 0. The van der Waals surface area contributed by atoms with Gasteiger partial charge in [-0.25, -0.2) is 4.98 Å². The van der Waals surface area contributed by atoms with Crippen molar-refractivity contribution in [2.45, 2.75) is 13.5 Å². The van der Waals surface area contributed by atoms with E-state index in [1.807, 2.05) is 60.7 Å². The van der Waals surface area contributed by atoms with E-state index in [0.29, 0.717) is 17.9 Å². The molecule has 0 fully saturated rings. The van der Waals surface area contributed by atoms with Crippen molar-refractivity contribution in [2.24, 2.45) is 0 Å². The van der Waals surface area contributed by atoms with Crippen molar-refractivity contribution in [1.82, 2.24) is 9.55 Å². The average molecular weight is 343 g/mol. The van der Waals surface area contributed by atoms with Gasteiger partial charge in [0.25, 0.3) is 5.56 Å². The maximum Gasteiger partial charge on any atom is 0.254 e. The van der Waals surface area contributed by atoms with E-state index in [2.05, 4.69) is 5.32 Å². The molecule has 0 aliphatic carbocycles. The average Bonchev–Trinajstić information content (AvgIpc) is 2.64. The Morgan fingerprint density at radius 3 is 2.54 bits per heavy atom. The van der Waals surface area contributed by atoms with Gasteiger partial charge in [0, 0.05) is 23.8 Å². The molecule has 0 atom stereocenters. The van der Waals surface area contributed by atoms with Crippen molar-refractivity contribution in [2.75, 3.05) is 5.32 Å². The predicted octanol–water partition coefficient (Wildman–Crippen LogP) is 3.56. The van der Waals surface area contributed by atoms with Crippen LogP contribution in [-0.4, -0.2) is 15.5 Å². The smallest absolute Gasteiger partial charge is 0.254 e. The molecule has 2 aromatic heterocycles. The molecule has 4 aromatic rings. The summed E-state index contributed by atoms with van der Waals surface area (Å²) in [6.07, 6.45) is 0. The first-order valence-electron chi connectivity index (χ1n) is 8.37. The van der Waals surface area contributed by atoms with Crippen LogP contribution in [0.15, 0.2) is 71.5 Å². The van der Waals surface area contributed by atoms with Crippen LogP contribution in [0.3, 0.4) is 0 Å². The van der Waals surface area contributed by atoms with Crippen molar-refractivity contribution in [3.05, 3.63) is 82.6 Å². The Balaban J connectivity index is 2.01. The number of hydrogen-bond acceptors (Lipinski definition) is 3. The van der Waals surface area contributed by atoms with E-state index in [9.17, 15) is 9.59 Å². The fourth-order valence-corrected chi connectivity index (χ4v) is 3.11. The van der Waals surface area contributed by atoms with Gasteiger partial charge in [0.1, 0.15) is 5.65 Å². The highest BCUT2D eigenvalue weighted by molar-refractivity contribution is 6.03. The summed E-state index contributed by atoms with van der Waals surface area (Å²) in [7, 11) is 0. The number of fused-ring (bicyclic) bond motifs is 2. The van der Waals surface area contributed by atoms with Crippen LogP contribution in [-0.2, 0) is 11.3 Å². The molecule has 1 amide bonds. The highest BCUT2D eigenvalue weighted by atomic mass is 16.1. The Bertz CT molecular complexity index is 1180. The minimum absolute atomic E-state index is 0.201. The fraction of sp³-hybridized carbons (Fsp3) is 0.0952. The van der Waals surface area contributed by atoms with Crippen LogP contribution < -0.4 is 10.9 Å². The number of aromatic nitrogens is 2. The maximum absolute atomic E-state index is 12.7. The van der Waals surface area contributed by atoms with Crippen molar-refractivity contribution < 1.29 is 4.79 Å². The molecule has 2 aromatic carbocycles. The summed E-state index contributed by atoms with van der Waals surface area (Å²) in [4.78, 5) is 29.0. The highest BCUT2D eigenvalue weighted by Crippen LogP contribution is 2.25. The van der Waals surface area contributed by atoms with Gasteiger partial charge in [-0.15, -0.1) is 0 Å². The Hall–Kier alpha value is -3.47. The minimum atomic E-state index is -0.223. The quantitative estimate of drug-likeness (QED) is 0.579. The number of amides is 1. The Morgan fingerprint density at radius 2 is 1.77 bits per heavy atom. The number of carbonyl (C=O) groups excluding carboxylic acids is 1. The van der Waals surface area contributed by atoms with Crippen LogP contribution in [0.4, 0.5) is 5.69 Å². The zero-order valence-electron chi connectivity index (χ0n) is 14.3. The molecule has 2 heterocycles. The standard InChI is InChI=1S/C21H17N3O2/c1-14(25)22-19-12-20(26)24(13-15-7-3-2-4-8-15)21-17(19)11-16-9-5-6-10-18(16)23-21/h2-12H,13H2,1H3,(H,22,25). The molecule has 26 heavy (non-hydrogen) atoms. The van der Waals surface area contributed by atoms with E-state index < -0.39 is 0 Å². The summed E-state index contributed by atoms with van der Waals surface area (Å²) in [5.41, 5.74) is 2.66. The van der Waals surface area contributed by atoms with Crippen LogP contribution in [0.1, 0.15) is 12.5 Å². The second-order valence-corrected chi connectivity index (χ2v) is 6.20. The van der Waals surface area contributed by atoms with E-state index in [4.69, 9.17) is 4.98 Å². The highest BCUT2D eigenvalue weighted by Gasteiger charge is 2.13. The summed E-state index contributed by atoms with van der Waals surface area (Å²) in [5, 5.41) is 4.45. The molecule has 0 aliphatic rings. The van der Waals surface area contributed by atoms with Crippen molar-refractivity contribution >= 4 is 33.5 Å². The lowest BCUT2D eigenvalue weighted by molar-refractivity contribution is -0.114. The summed E-state index contributed by atoms with van der Waals surface area (Å²) in [6, 6.07) is 20.9. The largest absolute Gasteiger partial charge is 0.325 e. The topological polar surface area (TPSA) is 64.0 Å². The molecule has 0 spiro atoms. The van der Waals surface area contributed by atoms with Gasteiger partial charge in [0.15, 0.2) is 0 Å². The van der Waals surface area contributed by atoms with Crippen LogP contribution in [0.5, 0.6) is 0 Å². The molecule has 0 saturated carbocycles. The van der Waals surface area contributed by atoms with Crippen molar-refractivity contribution in [1.29, 1.82) is 0 Å². The lowest BCUT2D eigenvalue weighted by Gasteiger charge is -2.14. The second kappa shape index (κ2) is 6.44. The number of nitrogens with zero attached hydrogens (tertiary/aromatic N) is 2. The van der Waals surface area contributed by atoms with Gasteiger partial charge in [-0.05, 0) is 17.7 Å². The Kier molecular flexibility index (Phi) is 3.97. The first kappa shape index (κ1) is 16.0. The molecule has 1 N–H and O–H groups in total. The molecule has 4 rings (SSSR count). The SMILES string of the molecule is CC(=O)Nc1cc(=O)n(Cc2ccccc2)c2nc3ccccc3cc12. The number of anilines is 1. The van der Waals surface area contributed by atoms with Gasteiger partial charge < -0.3 is 5.32 Å². The van der Waals surface area contributed by atoms with E-state index in [-0.39, 0.29) is 11.5 Å². The van der Waals surface area contributed by atoms with Crippen molar-refractivity contribution in [3.8, 4) is 0 Å². The molecule has 0 saturated heterocycles. The van der Waals surface area contributed by atoms with Crippen LogP contribution in [0.2, 0.25) is 0 Å². The van der Waals surface area contributed by atoms with Gasteiger partial charge in [0.05, 0.1) is 17.7 Å². The number of nitrogens with one attached hydrogen (secondary N) is 1. The van der Waals surface area contributed by atoms with Gasteiger partial charge in [-0.3, -0.25) is 14.2 Å². The van der Waals surface area contributed by atoms with E-state index in [0.717, 1.165) is 21.9 Å². The van der Waals surface area contributed by atoms with Gasteiger partial charge in [-0.1, -0.05) is 48.5 Å². The fourth-order valence-electron chi connectivity index (χ4n) is 3.11. The number of para-hydroxylation sites is 1. The molecule has 0 unspecified atom stereocenters. The molecule has 0 radical (unpaired) electrons. The Morgan fingerprint density at radius 1 is 1.04 bits per heavy atom. The molecular weight excluding hydrogens is 326 g/mol. The number of carbonyl (C=O) groups is 1. The number of benzene rings is 2. The van der Waals surface area contributed by atoms with Gasteiger partial charge >= 0.3 is 0 Å². The van der Waals surface area contributed by atoms with Crippen LogP contribution in [0, 0.1) is 0 Å². The molecule has 5 heteroatoms. The second-order valence-electron chi connectivity index (χ2n) is 6.20. The van der Waals surface area contributed by atoms with E-state index >= 15 is 0 Å². The molecule has 5 nitrogen and oxygen atoms in total. The van der Waals surface area contributed by atoms with Gasteiger partial charge in [0.2, 0.25) is 5.91 Å². The third kappa shape index (κ3) is 2.95. The third-order valence-electron chi connectivity index (χ3n) is 4.28. The molecular formula is C21H17N3O2. The normalized spacial score (nSPS) is 11.0. The van der Waals surface area contributed by atoms with Crippen LogP contribution in [0.25, 0.3) is 21.9 Å². The van der Waals surface area contributed by atoms with Crippen LogP contribution >= 0.6 is 0 Å². The zero-order valence-corrected chi connectivity index (χ0v) is 14.3. The van der Waals surface area contributed by atoms with Crippen molar-refractivity contribution in [3.63, 3.8) is 0 Å². The van der Waals surface area contributed by atoms with E-state index in [1.165, 1.54) is 13.0 Å². The summed E-state index contributed by atoms with van der Waals surface area (Å²) in [5.74, 6) is -0.223. The molecule has 0 aliphatic heterocycles. The predicted molar refractivity (Wildman–Crippen MR) is 103 cm³/mol. The monoisotopic (exact) mass is 343 g/mol. The first-order chi connectivity index (χ1) is 12.6. The lowest BCUT2D eigenvalue weighted by Crippen LogP contribution is -2.23. The first-order valence-corrected chi connectivity index (χ1v) is 8.37. The summed E-state index contributed by atoms with van der Waals surface area (Å²) in [6.45, 7) is 1.84. The number of hydrogen-bond donors (Lipinski definition) is 1. The minimum Gasteiger partial charge on any atom is -0.325 e. The molecule has 128 valence electrons. The number of pyridine rings is 2. The zero-order chi connectivity index (χ0) is 18.1. The van der Waals surface area contributed by atoms with Gasteiger partial charge in [-0.2, -0.15) is 0 Å². The lowest BCUT2D eigenvalue weighted by atomic mass is 10.1.